The molecule has 2 aromatic heterocycles. The van der Waals surface area contributed by atoms with E-state index in [2.05, 4.69) is 10.2 Å². The maximum Gasteiger partial charge on any atom is 0.397 e. The Labute approximate surface area is 394 Å². The Morgan fingerprint density at radius 3 is 1.24 bits per heavy atom. The van der Waals surface area contributed by atoms with Gasteiger partial charge in [-0.05, 0) is 84.6 Å². The molecule has 2 unspecified atom stereocenters. The minimum absolute atomic E-state index is 0.00228. The van der Waals surface area contributed by atoms with Crippen LogP contribution in [0.2, 0.25) is 20.1 Å². The zero-order valence-corrected chi connectivity index (χ0v) is 38.7. The summed E-state index contributed by atoms with van der Waals surface area (Å²) in [6.45, 7) is 0. The van der Waals surface area contributed by atoms with Crippen molar-refractivity contribution < 1.29 is 52.3 Å². The van der Waals surface area contributed by atoms with E-state index in [1.807, 2.05) is 0 Å². The molecule has 0 amide bonds. The summed E-state index contributed by atoms with van der Waals surface area (Å²) in [7, 11) is -9.33. The highest BCUT2D eigenvalue weighted by molar-refractivity contribution is 7.86. The number of hydrogen-bond acceptors (Lipinski definition) is 6. The first-order valence-corrected chi connectivity index (χ1v) is 24.8. The fourth-order valence-electron chi connectivity index (χ4n) is 8.93. The molecular formula is C44H36Cl4F6N4O6S2. The quantitative estimate of drug-likeness (QED) is 0.0587. The zero-order chi connectivity index (χ0) is 47.7. The van der Waals surface area contributed by atoms with Gasteiger partial charge in [-0.3, -0.25) is 9.11 Å². The number of halogens is 10. The topological polar surface area (TPSA) is 144 Å². The average Bonchev–Trinajstić information content (AvgIpc) is 3.96. The minimum Gasteiger partial charge on any atom is -0.282 e. The van der Waals surface area contributed by atoms with Crippen molar-refractivity contribution in [1.29, 1.82) is 0 Å². The molecule has 350 valence electrons. The second kappa shape index (κ2) is 18.1. The van der Waals surface area contributed by atoms with Gasteiger partial charge in [0.2, 0.25) is 0 Å². The summed E-state index contributed by atoms with van der Waals surface area (Å²) >= 11 is 25.2. The van der Waals surface area contributed by atoms with Crippen LogP contribution in [0.15, 0.2) is 82.6 Å². The number of nitrogens with zero attached hydrogens (tertiary/aromatic N) is 4. The maximum absolute atomic E-state index is 15.0. The lowest BCUT2D eigenvalue weighted by atomic mass is 9.92. The normalized spacial score (nSPS) is 14.5. The summed E-state index contributed by atoms with van der Waals surface area (Å²) in [5.41, 5.74) is 2.29. The molecule has 8 rings (SSSR count). The highest BCUT2D eigenvalue weighted by Gasteiger charge is 2.47. The van der Waals surface area contributed by atoms with Gasteiger partial charge in [0.1, 0.15) is 0 Å². The fourth-order valence-corrected chi connectivity index (χ4v) is 10.9. The van der Waals surface area contributed by atoms with E-state index in [0.29, 0.717) is 36.8 Å². The third-order valence-electron chi connectivity index (χ3n) is 12.0. The van der Waals surface area contributed by atoms with Gasteiger partial charge >= 0.3 is 12.4 Å². The van der Waals surface area contributed by atoms with E-state index in [1.165, 1.54) is 82.2 Å². The van der Waals surface area contributed by atoms with Crippen molar-refractivity contribution in [2.75, 3.05) is 0 Å². The van der Waals surface area contributed by atoms with Gasteiger partial charge in [-0.15, -0.1) is 0 Å². The van der Waals surface area contributed by atoms with Gasteiger partial charge < -0.3 is 0 Å². The number of benzene rings is 4. The number of alkyl halides is 6. The number of fused-ring (bicyclic) bond motifs is 6. The molecule has 0 saturated carbocycles. The van der Waals surface area contributed by atoms with E-state index in [1.54, 1.807) is 0 Å². The molecule has 66 heavy (non-hydrogen) atoms. The van der Waals surface area contributed by atoms with Crippen LogP contribution in [0.4, 0.5) is 26.3 Å². The molecule has 0 radical (unpaired) electrons. The van der Waals surface area contributed by atoms with Crippen LogP contribution in [-0.4, -0.2) is 57.9 Å². The summed E-state index contributed by atoms with van der Waals surface area (Å²) in [4.78, 5) is -0.897. The fraction of sp³-hybridized carbons (Fsp3) is 0.318. The number of rotatable bonds is 15. The molecule has 2 aliphatic rings. The minimum atomic E-state index is -4.75. The van der Waals surface area contributed by atoms with Crippen LogP contribution in [0, 0.1) is 0 Å². The van der Waals surface area contributed by atoms with E-state index < -0.39 is 54.2 Å². The predicted molar refractivity (Wildman–Crippen MR) is 238 cm³/mol. The number of aromatic nitrogens is 4. The van der Waals surface area contributed by atoms with Crippen LogP contribution in [-0.2, 0) is 33.1 Å². The number of unbranched alkanes of at least 4 members (excludes halogenated alkanes) is 5. The monoisotopic (exact) mass is 1030 g/mol. The second-order valence-corrected chi connectivity index (χ2v) is 20.8. The van der Waals surface area contributed by atoms with Crippen LogP contribution < -0.4 is 0 Å². The molecule has 4 aromatic carbocycles. The Balaban J connectivity index is 0.973. The van der Waals surface area contributed by atoms with Crippen molar-refractivity contribution in [2.24, 2.45) is 0 Å². The Hall–Kier alpha value is -4.14. The van der Waals surface area contributed by atoms with Crippen LogP contribution >= 0.6 is 46.4 Å². The van der Waals surface area contributed by atoms with E-state index in [4.69, 9.17) is 46.4 Å². The lowest BCUT2D eigenvalue weighted by molar-refractivity contribution is -0.154. The van der Waals surface area contributed by atoms with Crippen molar-refractivity contribution in [3.05, 3.63) is 127 Å². The molecule has 22 heteroatoms. The Morgan fingerprint density at radius 2 is 0.909 bits per heavy atom. The summed E-state index contributed by atoms with van der Waals surface area (Å²) < 4.78 is 160. The standard InChI is InChI=1S/C44H36Cl4F6N4O6S2/c45-25-11-15-37(35(47)19-25)57-41-29-21-27(65(59,60)61)13-9-23(29)17-31(41)39(55-57)33(43(49,50)51)7-5-3-1-2-4-6-8-34(44(52,53)54)40-32-18-24-10-14-28(66(62,63)64)22-30(24)42(32)58(56-40)38-16-12-26(46)20-36(38)48/h9-16,19-22,33-34H,1-8,17-18H2,(H,59,60,61)(H,62,63,64). The zero-order valence-electron chi connectivity index (χ0n) is 34.1. The molecule has 2 atom stereocenters. The third kappa shape index (κ3) is 9.62. The van der Waals surface area contributed by atoms with Gasteiger partial charge in [0.05, 0.1) is 65.8 Å². The summed E-state index contributed by atoms with van der Waals surface area (Å²) in [6.07, 6.45) is -8.45. The van der Waals surface area contributed by atoms with Crippen molar-refractivity contribution in [1.82, 2.24) is 19.6 Å². The van der Waals surface area contributed by atoms with E-state index in [9.17, 15) is 52.3 Å². The second-order valence-electron chi connectivity index (χ2n) is 16.3. The van der Waals surface area contributed by atoms with Gasteiger partial charge in [-0.1, -0.05) is 97.1 Å². The van der Waals surface area contributed by atoms with Crippen molar-refractivity contribution in [3.8, 4) is 33.9 Å². The molecule has 0 aliphatic heterocycles. The summed E-state index contributed by atoms with van der Waals surface area (Å²) in [5, 5.41) is 9.55. The van der Waals surface area contributed by atoms with Crippen LogP contribution in [0.5, 0.6) is 0 Å². The SMILES string of the molecule is O=S(=O)(O)c1ccc2c(c1)-c1c(c(C(CCCCCCCCC(c3nn(-c4ccc(Cl)cc4Cl)c4c3Cc3ccc(S(=O)(=O)O)cc3-4)C(F)(F)F)C(F)(F)F)nn1-c1ccc(Cl)cc1Cl)C2. The van der Waals surface area contributed by atoms with Gasteiger partial charge in [0.15, 0.2) is 0 Å². The van der Waals surface area contributed by atoms with Crippen molar-refractivity contribution in [3.63, 3.8) is 0 Å². The van der Waals surface area contributed by atoms with Gasteiger partial charge in [0, 0.05) is 45.1 Å². The first kappa shape index (κ1) is 48.3. The number of hydrogen-bond donors (Lipinski definition) is 2. The molecule has 2 heterocycles. The van der Waals surface area contributed by atoms with E-state index in [-0.39, 0.29) is 115 Å². The van der Waals surface area contributed by atoms with Gasteiger partial charge in [0.25, 0.3) is 20.2 Å². The lowest BCUT2D eigenvalue weighted by Crippen LogP contribution is -2.23. The van der Waals surface area contributed by atoms with Gasteiger partial charge in [-0.25, -0.2) is 9.36 Å². The molecule has 2 N–H and O–H groups in total. The highest BCUT2D eigenvalue weighted by atomic mass is 35.5. The van der Waals surface area contributed by atoms with Crippen LogP contribution in [0.1, 0.15) is 96.8 Å². The molecular weight excluding hydrogens is 1000 g/mol. The third-order valence-corrected chi connectivity index (χ3v) is 14.8. The Kier molecular flexibility index (Phi) is 13.2. The first-order valence-electron chi connectivity index (χ1n) is 20.4. The Bertz CT molecular complexity index is 2910. The van der Waals surface area contributed by atoms with E-state index in [0.717, 1.165) is 0 Å². The highest BCUT2D eigenvalue weighted by Crippen LogP contribution is 2.50. The van der Waals surface area contributed by atoms with Crippen LogP contribution in [0.25, 0.3) is 33.9 Å². The van der Waals surface area contributed by atoms with Gasteiger partial charge in [-0.2, -0.15) is 53.4 Å². The van der Waals surface area contributed by atoms with E-state index >= 15 is 0 Å². The maximum atomic E-state index is 15.0. The lowest BCUT2D eigenvalue weighted by Gasteiger charge is -2.20. The first-order chi connectivity index (χ1) is 30.9. The van der Waals surface area contributed by atoms with Crippen molar-refractivity contribution in [2.45, 2.75) is 98.2 Å². The molecule has 10 nitrogen and oxygen atoms in total. The Morgan fingerprint density at radius 1 is 0.545 bits per heavy atom. The van der Waals surface area contributed by atoms with Crippen molar-refractivity contribution >= 4 is 66.6 Å². The summed E-state index contributed by atoms with van der Waals surface area (Å²) in [5.74, 6) is -4.06. The predicted octanol–water partition coefficient (Wildman–Crippen LogP) is 13.4. The summed E-state index contributed by atoms with van der Waals surface area (Å²) in [6, 6.07) is 16.3. The average molecular weight is 1040 g/mol. The molecule has 0 bridgehead atoms. The smallest absolute Gasteiger partial charge is 0.282 e. The molecule has 0 spiro atoms. The van der Waals surface area contributed by atoms with Crippen LogP contribution in [0.3, 0.4) is 0 Å². The molecule has 2 aliphatic carbocycles. The molecule has 6 aromatic rings. The largest absolute Gasteiger partial charge is 0.397 e. The molecule has 0 fully saturated rings. The molecule has 0 saturated heterocycles.